The van der Waals surface area contributed by atoms with Gasteiger partial charge in [0, 0.05) is 22.7 Å². The monoisotopic (exact) mass is 467 g/mol. The lowest BCUT2D eigenvalue weighted by atomic mass is 10.0. The Balaban J connectivity index is 1.35. The topological polar surface area (TPSA) is 29.1 Å². The fraction of sp³-hybridized carbons (Fsp3) is 0.100. The van der Waals surface area contributed by atoms with Crippen molar-refractivity contribution in [3.8, 4) is 23.0 Å². The summed E-state index contributed by atoms with van der Waals surface area (Å²) in [6.45, 7) is 2.41. The van der Waals surface area contributed by atoms with Crippen LogP contribution in [0.3, 0.4) is 0 Å². The molecule has 0 atom stereocenters. The van der Waals surface area contributed by atoms with Gasteiger partial charge < -0.3 is 5.32 Å². The Bertz CT molecular complexity index is 1370. The van der Waals surface area contributed by atoms with E-state index in [-0.39, 0.29) is 11.7 Å². The molecule has 0 spiro atoms. The van der Waals surface area contributed by atoms with Crippen molar-refractivity contribution in [2.45, 2.75) is 13.3 Å². The summed E-state index contributed by atoms with van der Waals surface area (Å²) in [5.74, 6) is 5.35. The highest BCUT2D eigenvalue weighted by Gasteiger charge is 2.08. The third kappa shape index (κ3) is 6.13. The van der Waals surface area contributed by atoms with Crippen molar-refractivity contribution in [2.24, 2.45) is 0 Å². The Morgan fingerprint density at radius 1 is 0.882 bits per heavy atom. The van der Waals surface area contributed by atoms with E-state index >= 15 is 0 Å². The van der Waals surface area contributed by atoms with Gasteiger partial charge >= 0.3 is 0 Å². The largest absolute Gasteiger partial charge is 0.352 e. The average molecular weight is 468 g/mol. The summed E-state index contributed by atoms with van der Waals surface area (Å²) >= 11 is 5.96. The van der Waals surface area contributed by atoms with Gasteiger partial charge in [-0.15, -0.1) is 0 Å². The first-order valence-corrected chi connectivity index (χ1v) is 11.4. The molecule has 34 heavy (non-hydrogen) atoms. The lowest BCUT2D eigenvalue weighted by Gasteiger charge is -2.08. The van der Waals surface area contributed by atoms with E-state index in [1.54, 1.807) is 12.1 Å². The van der Waals surface area contributed by atoms with Crippen LogP contribution in [0.5, 0.6) is 0 Å². The van der Waals surface area contributed by atoms with Crippen molar-refractivity contribution < 1.29 is 9.18 Å². The first-order chi connectivity index (χ1) is 16.5. The number of carbonyl (C=O) groups is 1. The van der Waals surface area contributed by atoms with Gasteiger partial charge in [0.1, 0.15) is 5.82 Å². The highest BCUT2D eigenvalue weighted by Crippen LogP contribution is 2.22. The van der Waals surface area contributed by atoms with Crippen molar-refractivity contribution in [1.29, 1.82) is 0 Å². The zero-order chi connectivity index (χ0) is 23.9. The van der Waals surface area contributed by atoms with Gasteiger partial charge in [-0.05, 0) is 78.6 Å². The molecule has 2 nitrogen and oxygen atoms in total. The van der Waals surface area contributed by atoms with Crippen LogP contribution in [-0.2, 0) is 6.42 Å². The van der Waals surface area contributed by atoms with Crippen LogP contribution in [-0.4, -0.2) is 12.5 Å². The molecule has 0 aliphatic carbocycles. The third-order valence-electron chi connectivity index (χ3n) is 5.43. The first-order valence-electron chi connectivity index (χ1n) is 11.0. The molecule has 0 bridgehead atoms. The van der Waals surface area contributed by atoms with E-state index < -0.39 is 0 Å². The summed E-state index contributed by atoms with van der Waals surface area (Å²) in [6.07, 6.45) is 0.519. The van der Waals surface area contributed by atoms with Gasteiger partial charge in [-0.1, -0.05) is 71.5 Å². The summed E-state index contributed by atoms with van der Waals surface area (Å²) in [7, 11) is 0. The molecule has 168 valence electrons. The predicted octanol–water partition coefficient (Wildman–Crippen LogP) is 6.83. The normalized spacial score (nSPS) is 10.3. The lowest BCUT2D eigenvalue weighted by molar-refractivity contribution is 0.0954. The number of halogens is 2. The zero-order valence-corrected chi connectivity index (χ0v) is 19.5. The van der Waals surface area contributed by atoms with E-state index in [4.69, 9.17) is 11.6 Å². The second-order valence-corrected chi connectivity index (χ2v) is 8.46. The predicted molar refractivity (Wildman–Crippen MR) is 136 cm³/mol. The molecule has 4 aromatic carbocycles. The molecule has 0 unspecified atom stereocenters. The van der Waals surface area contributed by atoms with E-state index in [1.165, 1.54) is 6.07 Å². The molecule has 0 fully saturated rings. The van der Waals surface area contributed by atoms with Gasteiger partial charge in [0.2, 0.25) is 0 Å². The van der Waals surface area contributed by atoms with E-state index in [9.17, 15) is 9.18 Å². The van der Waals surface area contributed by atoms with Crippen LogP contribution in [0.1, 0.15) is 32.6 Å². The number of carbonyl (C=O) groups excluding carboxylic acids is 1. The Morgan fingerprint density at radius 3 is 2.38 bits per heavy atom. The van der Waals surface area contributed by atoms with Crippen LogP contribution in [0.25, 0.3) is 11.1 Å². The van der Waals surface area contributed by atoms with Crippen LogP contribution in [0.4, 0.5) is 4.39 Å². The van der Waals surface area contributed by atoms with E-state index in [0.717, 1.165) is 27.8 Å². The van der Waals surface area contributed by atoms with Crippen molar-refractivity contribution in [2.75, 3.05) is 6.54 Å². The van der Waals surface area contributed by atoms with Gasteiger partial charge in [-0.3, -0.25) is 4.79 Å². The molecule has 1 N–H and O–H groups in total. The summed E-state index contributed by atoms with van der Waals surface area (Å²) in [4.78, 5) is 12.6. The number of hydrogen-bond donors (Lipinski definition) is 1. The number of aryl methyl sites for hydroxylation is 1. The van der Waals surface area contributed by atoms with E-state index in [2.05, 4.69) is 17.2 Å². The molecule has 0 heterocycles. The molecule has 4 rings (SSSR count). The number of rotatable bonds is 5. The third-order valence-corrected chi connectivity index (χ3v) is 5.68. The van der Waals surface area contributed by atoms with Gasteiger partial charge in [0.25, 0.3) is 5.91 Å². The molecule has 0 saturated heterocycles. The molecule has 0 aliphatic heterocycles. The van der Waals surface area contributed by atoms with Gasteiger partial charge in [0.05, 0.1) is 5.56 Å². The quantitative estimate of drug-likeness (QED) is 0.320. The summed E-state index contributed by atoms with van der Waals surface area (Å²) in [5.41, 5.74) is 5.65. The number of benzene rings is 4. The van der Waals surface area contributed by atoms with Crippen LogP contribution in [0.15, 0.2) is 91.0 Å². The number of hydrogen-bond acceptors (Lipinski definition) is 1. The molecular formula is C30H23ClFNO. The van der Waals surface area contributed by atoms with Crippen molar-refractivity contribution >= 4 is 17.5 Å². The maximum Gasteiger partial charge on any atom is 0.251 e. The zero-order valence-electron chi connectivity index (χ0n) is 18.7. The van der Waals surface area contributed by atoms with Crippen LogP contribution in [0.2, 0.25) is 5.02 Å². The van der Waals surface area contributed by atoms with Gasteiger partial charge in [0.15, 0.2) is 0 Å². The fourth-order valence-electron chi connectivity index (χ4n) is 3.50. The standard InChI is InChI=1S/C30H23ClFNO/c1-21-5-7-22(8-6-21)9-11-25-12-10-23(19-29(25)32)17-18-33-30(34)27-4-2-3-26(20-27)24-13-15-28(31)16-14-24/h2-8,10,12-16,19-20H,17-18H2,1H3,(H,33,34). The fourth-order valence-corrected chi connectivity index (χ4v) is 3.62. The Kier molecular flexibility index (Phi) is 7.42. The van der Waals surface area contributed by atoms with E-state index in [0.29, 0.717) is 29.1 Å². The SMILES string of the molecule is Cc1ccc(C#Cc2ccc(CCNC(=O)c3cccc(-c4ccc(Cl)cc4)c3)cc2F)cc1. The van der Waals surface area contributed by atoms with Crippen molar-refractivity contribution in [1.82, 2.24) is 5.32 Å². The molecular weight excluding hydrogens is 445 g/mol. The highest BCUT2D eigenvalue weighted by molar-refractivity contribution is 6.30. The molecule has 0 aliphatic rings. The molecule has 1 amide bonds. The van der Waals surface area contributed by atoms with Crippen LogP contribution >= 0.6 is 11.6 Å². The number of amides is 1. The summed E-state index contributed by atoms with van der Waals surface area (Å²) in [6, 6.07) is 27.7. The van der Waals surface area contributed by atoms with Gasteiger partial charge in [-0.25, -0.2) is 4.39 Å². The van der Waals surface area contributed by atoms with Gasteiger partial charge in [-0.2, -0.15) is 0 Å². The Morgan fingerprint density at radius 2 is 1.65 bits per heavy atom. The molecule has 4 heteroatoms. The minimum atomic E-state index is -0.362. The Labute approximate surface area is 204 Å². The first kappa shape index (κ1) is 23.3. The molecule has 4 aromatic rings. The second kappa shape index (κ2) is 10.8. The van der Waals surface area contributed by atoms with Crippen LogP contribution in [0, 0.1) is 24.6 Å². The smallest absolute Gasteiger partial charge is 0.251 e. The Hall–Kier alpha value is -3.87. The second-order valence-electron chi connectivity index (χ2n) is 8.02. The highest BCUT2D eigenvalue weighted by atomic mass is 35.5. The summed E-state index contributed by atoms with van der Waals surface area (Å²) < 4.78 is 14.5. The maximum absolute atomic E-state index is 14.5. The molecule has 0 radical (unpaired) electrons. The lowest BCUT2D eigenvalue weighted by Crippen LogP contribution is -2.25. The minimum absolute atomic E-state index is 0.170. The molecule has 0 saturated carbocycles. The maximum atomic E-state index is 14.5. The number of nitrogens with one attached hydrogen (secondary N) is 1. The van der Waals surface area contributed by atoms with E-state index in [1.807, 2.05) is 79.7 Å². The van der Waals surface area contributed by atoms with Crippen molar-refractivity contribution in [3.05, 3.63) is 130 Å². The van der Waals surface area contributed by atoms with Crippen molar-refractivity contribution in [3.63, 3.8) is 0 Å². The minimum Gasteiger partial charge on any atom is -0.352 e. The summed E-state index contributed by atoms with van der Waals surface area (Å²) in [5, 5.41) is 3.58. The average Bonchev–Trinajstić information content (AvgIpc) is 2.85. The van der Waals surface area contributed by atoms with Crippen LogP contribution < -0.4 is 5.32 Å². The molecule has 0 aromatic heterocycles.